The lowest BCUT2D eigenvalue weighted by Gasteiger charge is -2.13. The van der Waals surface area contributed by atoms with Crippen LogP contribution in [0, 0.1) is 5.82 Å². The number of anilines is 2. The molecule has 0 aromatic heterocycles. The molecule has 0 radical (unpaired) electrons. The topological polar surface area (TPSA) is 75.3 Å². The number of halogens is 7. The monoisotopic (exact) mass is 540 g/mol. The van der Waals surface area contributed by atoms with Crippen LogP contribution < -0.4 is 10.0 Å². The van der Waals surface area contributed by atoms with Gasteiger partial charge in [-0.3, -0.25) is 9.52 Å². The highest BCUT2D eigenvalue weighted by Gasteiger charge is 2.33. The quantitative estimate of drug-likeness (QED) is 0.347. The highest BCUT2D eigenvalue weighted by atomic mass is 35.5. The maximum absolute atomic E-state index is 14.5. The van der Waals surface area contributed by atoms with Crippen LogP contribution in [-0.4, -0.2) is 14.3 Å². The largest absolute Gasteiger partial charge is 0.417 e. The summed E-state index contributed by atoms with van der Waals surface area (Å²) in [4.78, 5) is 11.7. The molecule has 0 unspecified atom stereocenters. The van der Waals surface area contributed by atoms with Gasteiger partial charge >= 0.3 is 6.18 Å². The molecule has 5 nitrogen and oxygen atoms in total. The molecule has 174 valence electrons. The second-order valence-electron chi connectivity index (χ2n) is 6.52. The Labute approximate surface area is 200 Å². The van der Waals surface area contributed by atoms with Crippen molar-refractivity contribution in [3.8, 4) is 0 Å². The summed E-state index contributed by atoms with van der Waals surface area (Å²) < 4.78 is 80.5. The third kappa shape index (κ3) is 5.89. The highest BCUT2D eigenvalue weighted by molar-refractivity contribution is 7.92. The molecule has 0 fully saturated rings. The van der Waals surface area contributed by atoms with Crippen molar-refractivity contribution in [2.75, 3.05) is 10.0 Å². The first-order chi connectivity index (χ1) is 15.3. The van der Waals surface area contributed by atoms with Gasteiger partial charge in [0, 0.05) is 10.7 Å². The fourth-order valence-electron chi connectivity index (χ4n) is 2.65. The van der Waals surface area contributed by atoms with Gasteiger partial charge in [-0.2, -0.15) is 13.2 Å². The molecule has 0 bridgehead atoms. The van der Waals surface area contributed by atoms with E-state index in [2.05, 4.69) is 5.32 Å². The Hall–Kier alpha value is -2.53. The molecule has 0 aliphatic rings. The number of hydrogen-bond donors (Lipinski definition) is 2. The fourth-order valence-corrected chi connectivity index (χ4v) is 4.43. The number of alkyl halides is 3. The average Bonchev–Trinajstić information content (AvgIpc) is 2.69. The van der Waals surface area contributed by atoms with E-state index in [1.54, 1.807) is 0 Å². The third-order valence-electron chi connectivity index (χ3n) is 4.20. The lowest BCUT2D eigenvalue weighted by atomic mass is 10.2. The number of benzene rings is 3. The van der Waals surface area contributed by atoms with Gasteiger partial charge in [-0.15, -0.1) is 0 Å². The maximum Gasteiger partial charge on any atom is 0.417 e. The van der Waals surface area contributed by atoms with Gasteiger partial charge in [0.15, 0.2) is 0 Å². The standard InChI is InChI=1S/C20H11Cl3F4N2O3S/c21-10-1-4-13(16(23)7-10)19(30)28-18-6-3-12(9-17(18)24)33(31,32)29-11-2-5-15(22)14(8-11)20(25,26)27/h1-9,29H,(H,28,30). The predicted molar refractivity (Wildman–Crippen MR) is 118 cm³/mol. The molecule has 3 aromatic rings. The van der Waals surface area contributed by atoms with Crippen LogP contribution in [0.3, 0.4) is 0 Å². The first-order valence-corrected chi connectivity index (χ1v) is 11.3. The molecule has 13 heteroatoms. The van der Waals surface area contributed by atoms with E-state index < -0.39 is 49.1 Å². The molecule has 3 rings (SSSR count). The first kappa shape index (κ1) is 25.1. The van der Waals surface area contributed by atoms with Crippen molar-refractivity contribution in [1.82, 2.24) is 0 Å². The normalized spacial score (nSPS) is 11.8. The molecule has 0 heterocycles. The smallest absolute Gasteiger partial charge is 0.319 e. The predicted octanol–water partition coefficient (Wildman–Crippen LogP) is 6.86. The van der Waals surface area contributed by atoms with Crippen LogP contribution in [0.2, 0.25) is 15.1 Å². The number of hydrogen-bond acceptors (Lipinski definition) is 3. The minimum Gasteiger partial charge on any atom is -0.319 e. The van der Waals surface area contributed by atoms with Crippen LogP contribution in [0.4, 0.5) is 28.9 Å². The number of sulfonamides is 1. The molecule has 0 saturated carbocycles. The summed E-state index contributed by atoms with van der Waals surface area (Å²) in [7, 11) is -4.47. The van der Waals surface area contributed by atoms with E-state index in [9.17, 15) is 30.8 Å². The summed E-state index contributed by atoms with van der Waals surface area (Å²) in [5, 5.41) is 1.94. The van der Waals surface area contributed by atoms with Crippen molar-refractivity contribution in [2.45, 2.75) is 11.1 Å². The second kappa shape index (κ2) is 9.38. The number of carbonyl (C=O) groups is 1. The number of amides is 1. The summed E-state index contributed by atoms with van der Waals surface area (Å²) in [6.45, 7) is 0. The Balaban J connectivity index is 1.83. The van der Waals surface area contributed by atoms with E-state index in [-0.39, 0.29) is 21.3 Å². The number of nitrogens with one attached hydrogen (secondary N) is 2. The van der Waals surface area contributed by atoms with E-state index in [0.717, 1.165) is 24.3 Å². The van der Waals surface area contributed by atoms with Crippen LogP contribution in [0.15, 0.2) is 59.5 Å². The summed E-state index contributed by atoms with van der Waals surface area (Å²) in [6, 6.07) is 9.00. The van der Waals surface area contributed by atoms with Crippen LogP contribution in [0.5, 0.6) is 0 Å². The Morgan fingerprint density at radius 2 is 1.58 bits per heavy atom. The molecule has 0 aliphatic heterocycles. The molecule has 3 aromatic carbocycles. The minimum absolute atomic E-state index is 0.00189. The lowest BCUT2D eigenvalue weighted by molar-refractivity contribution is -0.137. The number of carbonyl (C=O) groups excluding carboxylic acids is 1. The SMILES string of the molecule is O=C(Nc1ccc(S(=O)(=O)Nc2ccc(Cl)c(C(F)(F)F)c2)cc1F)c1ccc(Cl)cc1Cl. The Morgan fingerprint density at radius 3 is 2.18 bits per heavy atom. The molecule has 0 aliphatic carbocycles. The zero-order valence-corrected chi connectivity index (χ0v) is 19.1. The Bertz CT molecular complexity index is 1350. The van der Waals surface area contributed by atoms with Crippen molar-refractivity contribution in [3.63, 3.8) is 0 Å². The van der Waals surface area contributed by atoms with Gasteiger partial charge in [0.1, 0.15) is 5.82 Å². The zero-order valence-electron chi connectivity index (χ0n) is 16.0. The maximum atomic E-state index is 14.5. The summed E-state index contributed by atoms with van der Waals surface area (Å²) in [6.07, 6.45) is -4.81. The summed E-state index contributed by atoms with van der Waals surface area (Å²) >= 11 is 17.2. The molecule has 0 spiro atoms. The third-order valence-corrected chi connectivity index (χ3v) is 6.46. The van der Waals surface area contributed by atoms with Gasteiger partial charge in [-0.1, -0.05) is 34.8 Å². The second-order valence-corrected chi connectivity index (χ2v) is 9.45. The first-order valence-electron chi connectivity index (χ1n) is 8.73. The van der Waals surface area contributed by atoms with E-state index in [4.69, 9.17) is 34.8 Å². The van der Waals surface area contributed by atoms with Crippen LogP contribution in [-0.2, 0) is 16.2 Å². The van der Waals surface area contributed by atoms with Gasteiger partial charge < -0.3 is 5.32 Å². The van der Waals surface area contributed by atoms with Crippen LogP contribution >= 0.6 is 34.8 Å². The molecular weight excluding hydrogens is 531 g/mol. The summed E-state index contributed by atoms with van der Waals surface area (Å²) in [5.74, 6) is -1.88. The van der Waals surface area contributed by atoms with Gasteiger partial charge in [0.25, 0.3) is 15.9 Å². The van der Waals surface area contributed by atoms with Crippen molar-refractivity contribution < 1.29 is 30.8 Å². The van der Waals surface area contributed by atoms with E-state index in [1.807, 2.05) is 4.72 Å². The van der Waals surface area contributed by atoms with Gasteiger partial charge in [-0.25, -0.2) is 12.8 Å². The van der Waals surface area contributed by atoms with Crippen molar-refractivity contribution >= 4 is 62.1 Å². The van der Waals surface area contributed by atoms with Gasteiger partial charge in [0.2, 0.25) is 0 Å². The van der Waals surface area contributed by atoms with E-state index in [0.29, 0.717) is 12.1 Å². The van der Waals surface area contributed by atoms with E-state index in [1.165, 1.54) is 18.2 Å². The minimum atomic E-state index is -4.81. The van der Waals surface area contributed by atoms with Gasteiger partial charge in [-0.05, 0) is 54.6 Å². The van der Waals surface area contributed by atoms with Crippen LogP contribution in [0.1, 0.15) is 15.9 Å². The molecule has 1 amide bonds. The van der Waals surface area contributed by atoms with Crippen molar-refractivity contribution in [1.29, 1.82) is 0 Å². The molecule has 0 saturated heterocycles. The Morgan fingerprint density at radius 1 is 0.879 bits per heavy atom. The zero-order chi connectivity index (χ0) is 24.6. The lowest BCUT2D eigenvalue weighted by Crippen LogP contribution is -2.16. The summed E-state index contributed by atoms with van der Waals surface area (Å²) in [5.41, 5.74) is -2.02. The number of rotatable bonds is 5. The van der Waals surface area contributed by atoms with Crippen molar-refractivity contribution in [2.24, 2.45) is 0 Å². The molecular formula is C20H11Cl3F4N2O3S. The van der Waals surface area contributed by atoms with E-state index >= 15 is 0 Å². The Kier molecular flexibility index (Phi) is 7.13. The molecule has 0 atom stereocenters. The van der Waals surface area contributed by atoms with Crippen molar-refractivity contribution in [3.05, 3.63) is 86.6 Å². The van der Waals surface area contributed by atoms with Crippen LogP contribution in [0.25, 0.3) is 0 Å². The van der Waals surface area contributed by atoms with Gasteiger partial charge in [0.05, 0.1) is 31.8 Å². The molecule has 2 N–H and O–H groups in total. The fraction of sp³-hybridized carbons (Fsp3) is 0.0500. The molecule has 33 heavy (non-hydrogen) atoms. The highest BCUT2D eigenvalue weighted by Crippen LogP contribution is 2.36. The average molecular weight is 542 g/mol.